The van der Waals surface area contributed by atoms with E-state index in [0.29, 0.717) is 33.4 Å². The van der Waals surface area contributed by atoms with Gasteiger partial charge >= 0.3 is 6.18 Å². The monoisotopic (exact) mass is 673 g/mol. The van der Waals surface area contributed by atoms with E-state index in [2.05, 4.69) is 22.2 Å². The van der Waals surface area contributed by atoms with Crippen LogP contribution in [0.25, 0.3) is 5.70 Å². The lowest BCUT2D eigenvalue weighted by atomic mass is 9.98. The maximum Gasteiger partial charge on any atom is 0.396 e. The summed E-state index contributed by atoms with van der Waals surface area (Å²) in [7, 11) is 0. The number of rotatable bonds is 13. The first-order valence-corrected chi connectivity index (χ1v) is 16.3. The van der Waals surface area contributed by atoms with Gasteiger partial charge in [0.1, 0.15) is 0 Å². The third-order valence-electron chi connectivity index (χ3n) is 6.33. The quantitative estimate of drug-likeness (QED) is 0.0493. The molecule has 254 valence electrons. The van der Waals surface area contributed by atoms with Crippen molar-refractivity contribution in [2.45, 2.75) is 85.3 Å². The average molecular weight is 674 g/mol. The minimum Gasteiger partial charge on any atom is -0.396 e. The Balaban J connectivity index is 0.00000464. The van der Waals surface area contributed by atoms with Crippen LogP contribution in [0.1, 0.15) is 72.6 Å². The van der Waals surface area contributed by atoms with E-state index in [1.807, 2.05) is 48.5 Å². The number of thiazole rings is 1. The van der Waals surface area contributed by atoms with E-state index in [0.717, 1.165) is 18.1 Å². The van der Waals surface area contributed by atoms with Crippen molar-refractivity contribution in [2.24, 2.45) is 17.5 Å². The molecule has 0 saturated heterocycles. The molecule has 8 nitrogen and oxygen atoms in total. The number of nitrogens with one attached hydrogen (secondary N) is 2. The zero-order chi connectivity index (χ0) is 34.7. The van der Waals surface area contributed by atoms with Crippen LogP contribution in [-0.2, 0) is 4.79 Å². The fourth-order valence-electron chi connectivity index (χ4n) is 3.82. The fraction of sp³-hybridized carbons (Fsp3) is 0.500. The number of carbonyl (C=O) groups is 1. The van der Waals surface area contributed by atoms with Crippen LogP contribution in [-0.4, -0.2) is 46.6 Å². The second-order valence-electron chi connectivity index (χ2n) is 9.84. The van der Waals surface area contributed by atoms with Gasteiger partial charge in [0.15, 0.2) is 5.13 Å². The fourth-order valence-corrected chi connectivity index (χ4v) is 4.81. The highest BCUT2D eigenvalue weighted by atomic mass is 35.5. The number of hydrogen-bond acceptors (Lipinski definition) is 8. The molecule has 0 saturated carbocycles. The predicted molar refractivity (Wildman–Crippen MR) is 185 cm³/mol. The normalized spacial score (nSPS) is 18.2. The number of halogens is 4. The average Bonchev–Trinajstić information content (AvgIpc) is 3.37. The predicted octanol–water partition coefficient (Wildman–Crippen LogP) is 7.16. The third-order valence-corrected chi connectivity index (χ3v) is 7.76. The summed E-state index contributed by atoms with van der Waals surface area (Å²) in [6, 6.07) is 0.132. The van der Waals surface area contributed by atoms with Crippen molar-refractivity contribution in [1.82, 2.24) is 20.6 Å². The second kappa shape index (κ2) is 21.6. The number of amides is 1. The van der Waals surface area contributed by atoms with Crippen LogP contribution < -0.4 is 27.9 Å². The highest BCUT2D eigenvalue weighted by Crippen LogP contribution is 2.38. The van der Waals surface area contributed by atoms with E-state index >= 15 is 0 Å². The lowest BCUT2D eigenvalue weighted by Gasteiger charge is -2.24. The number of nitrogen functional groups attached to an aromatic ring is 1. The van der Waals surface area contributed by atoms with Crippen LogP contribution in [0.4, 0.5) is 18.3 Å². The summed E-state index contributed by atoms with van der Waals surface area (Å²) in [6.07, 6.45) is 7.11. The topological polar surface area (TPSA) is 135 Å². The molecule has 1 amide bonds. The molecular weight excluding hydrogens is 623 g/mol. The molecule has 2 rings (SSSR count). The molecule has 1 aromatic rings. The standard InChI is InChI=1S/C28H39ClF3N7OS.2C2H6/c1-5-18(4)36-13-20-9-10-21(12-22(26(20)29)28(30,31)32)38-25(40)11-19(6-2)8-7-17(3)15-39(35)16-23(33)24-14-37-27(34)41-24;2*1-2/h6-9,12,14,16,18,22,26,36H,2,5,10-11,13,15,33,35H2,1,3-4H3,(H2,34,37)(H,38,40);2*1-2H3/b17-7-,19-8+,23-16-;;. The molecule has 0 fully saturated rings. The summed E-state index contributed by atoms with van der Waals surface area (Å²) in [5, 5.41) is 6.35. The molecule has 8 N–H and O–H groups in total. The van der Waals surface area contributed by atoms with Gasteiger partial charge in [-0.1, -0.05) is 88.5 Å². The summed E-state index contributed by atoms with van der Waals surface area (Å²) in [4.78, 5) is 17.4. The Morgan fingerprint density at radius 3 is 2.47 bits per heavy atom. The van der Waals surface area contributed by atoms with Crippen LogP contribution in [0.15, 0.2) is 71.8 Å². The number of anilines is 1. The molecule has 1 aliphatic carbocycles. The Labute approximate surface area is 276 Å². The van der Waals surface area contributed by atoms with Crippen LogP contribution in [0, 0.1) is 5.92 Å². The van der Waals surface area contributed by atoms with Crippen LogP contribution >= 0.6 is 22.9 Å². The van der Waals surface area contributed by atoms with E-state index in [-0.39, 0.29) is 31.1 Å². The number of hydrazine groups is 1. The Kier molecular flexibility index (Phi) is 20.2. The lowest BCUT2D eigenvalue weighted by Crippen LogP contribution is -2.35. The van der Waals surface area contributed by atoms with E-state index in [9.17, 15) is 18.0 Å². The molecule has 0 aromatic carbocycles. The molecule has 0 radical (unpaired) electrons. The van der Waals surface area contributed by atoms with Gasteiger partial charge in [0.05, 0.1) is 34.8 Å². The zero-order valence-corrected chi connectivity index (χ0v) is 29.0. The van der Waals surface area contributed by atoms with Gasteiger partial charge in [0.2, 0.25) is 5.91 Å². The Morgan fingerprint density at radius 2 is 1.93 bits per heavy atom. The van der Waals surface area contributed by atoms with Gasteiger partial charge in [-0.15, -0.1) is 11.6 Å². The number of carbonyl (C=O) groups excluding carboxylic acids is 1. The molecule has 1 aliphatic rings. The number of nitrogens with two attached hydrogens (primary N) is 3. The van der Waals surface area contributed by atoms with Crippen molar-refractivity contribution < 1.29 is 18.0 Å². The largest absolute Gasteiger partial charge is 0.396 e. The van der Waals surface area contributed by atoms with Gasteiger partial charge in [-0.25, -0.2) is 10.8 Å². The highest BCUT2D eigenvalue weighted by molar-refractivity contribution is 7.16. The van der Waals surface area contributed by atoms with Crippen LogP contribution in [0.3, 0.4) is 0 Å². The molecule has 45 heavy (non-hydrogen) atoms. The molecule has 1 heterocycles. The van der Waals surface area contributed by atoms with Crippen LogP contribution in [0.2, 0.25) is 0 Å². The first kappa shape index (κ1) is 41.9. The van der Waals surface area contributed by atoms with E-state index in [4.69, 9.17) is 28.9 Å². The number of aromatic nitrogens is 1. The summed E-state index contributed by atoms with van der Waals surface area (Å²) < 4.78 is 41.6. The smallest absolute Gasteiger partial charge is 0.396 e. The molecule has 3 unspecified atom stereocenters. The van der Waals surface area contributed by atoms with Crippen molar-refractivity contribution >= 4 is 39.7 Å². The van der Waals surface area contributed by atoms with Gasteiger partial charge in [0, 0.05) is 37.1 Å². The lowest BCUT2D eigenvalue weighted by molar-refractivity contribution is -0.159. The zero-order valence-electron chi connectivity index (χ0n) is 27.5. The summed E-state index contributed by atoms with van der Waals surface area (Å²) >= 11 is 7.54. The van der Waals surface area contributed by atoms with Crippen LogP contribution in [0.5, 0.6) is 0 Å². The van der Waals surface area contributed by atoms with Gasteiger partial charge in [0.25, 0.3) is 0 Å². The minimum absolute atomic E-state index is 0.0796. The Bertz CT molecular complexity index is 1220. The van der Waals surface area contributed by atoms with Crippen molar-refractivity contribution in [1.29, 1.82) is 0 Å². The number of hydrogen-bond donors (Lipinski definition) is 5. The van der Waals surface area contributed by atoms with Gasteiger partial charge in [-0.05, 0) is 31.4 Å². The number of allylic oxidation sites excluding steroid dienone is 5. The Morgan fingerprint density at radius 1 is 1.29 bits per heavy atom. The number of nitrogens with zero attached hydrogens (tertiary/aromatic N) is 2. The maximum absolute atomic E-state index is 13.9. The summed E-state index contributed by atoms with van der Waals surface area (Å²) in [5.74, 6) is 3.65. The first-order valence-electron chi connectivity index (χ1n) is 15.1. The summed E-state index contributed by atoms with van der Waals surface area (Å²) in [5.41, 5.74) is 14.1. The third kappa shape index (κ3) is 15.7. The van der Waals surface area contributed by atoms with Gasteiger partial charge in [-0.3, -0.25) is 4.79 Å². The molecule has 0 spiro atoms. The maximum atomic E-state index is 13.9. The van der Waals surface area contributed by atoms with Crippen molar-refractivity contribution in [3.05, 3.63) is 76.6 Å². The highest BCUT2D eigenvalue weighted by Gasteiger charge is 2.44. The summed E-state index contributed by atoms with van der Waals surface area (Å²) in [6.45, 7) is 18.1. The second-order valence-corrected chi connectivity index (χ2v) is 11.4. The molecule has 13 heteroatoms. The van der Waals surface area contributed by atoms with E-state index < -0.39 is 23.4 Å². The van der Waals surface area contributed by atoms with Gasteiger partial charge < -0.3 is 27.1 Å². The SMILES string of the molecule is C=C/C(=C\C=C(\C)CN(N)/C=C(\N)c1cnc(N)s1)CC(=O)NC1=CC(C(F)(F)F)C(Cl)C(CNC(C)CC)=CC1.CC.CC. The van der Waals surface area contributed by atoms with E-state index in [1.54, 1.807) is 30.6 Å². The number of alkyl halides is 4. The minimum atomic E-state index is -4.57. The van der Waals surface area contributed by atoms with Crippen molar-refractivity contribution in [3.8, 4) is 0 Å². The first-order chi connectivity index (χ1) is 21.2. The molecule has 1 aromatic heterocycles. The Hall–Kier alpha value is -3.06. The molecule has 0 aliphatic heterocycles. The van der Waals surface area contributed by atoms with Crippen molar-refractivity contribution in [2.75, 3.05) is 18.8 Å². The van der Waals surface area contributed by atoms with Crippen molar-refractivity contribution in [3.63, 3.8) is 0 Å². The molecule has 3 atom stereocenters. The molecular formula is C32H51ClF3N7OS. The van der Waals surface area contributed by atoms with Gasteiger partial charge in [-0.2, -0.15) is 13.2 Å². The molecule has 0 bridgehead atoms. The van der Waals surface area contributed by atoms with E-state index in [1.165, 1.54) is 22.4 Å².